The molecule has 2 aliphatic heterocycles. The van der Waals surface area contributed by atoms with Crippen LogP contribution >= 0.6 is 0 Å². The number of amides is 2. The minimum atomic E-state index is -0.422. The standard InChI is InChI=1S/C20H20N4O/c1-2-6-15-17(24-11-9-21-10-12-24)13-16-19(23-20(25)22-16)18(15)14-7-4-3-5-8-14/h2-5,7-8,13,21H,1,6,9-12H2. The number of piperazine rings is 1. The summed E-state index contributed by atoms with van der Waals surface area (Å²) < 4.78 is 0. The first-order valence-corrected chi connectivity index (χ1v) is 8.57. The summed E-state index contributed by atoms with van der Waals surface area (Å²) in [6, 6.07) is 11.7. The number of rotatable bonds is 4. The lowest BCUT2D eigenvalue weighted by atomic mass is 9.94. The van der Waals surface area contributed by atoms with Crippen LogP contribution in [0.5, 0.6) is 0 Å². The van der Waals surface area contributed by atoms with Gasteiger partial charge in [-0.3, -0.25) is 0 Å². The summed E-state index contributed by atoms with van der Waals surface area (Å²) in [5.41, 5.74) is 4.35. The largest absolute Gasteiger partial charge is 0.369 e. The molecule has 0 aromatic heterocycles. The number of carbonyl (C=O) groups excluding carboxylic acids is 1. The van der Waals surface area contributed by atoms with Crippen LogP contribution in [-0.2, 0) is 6.42 Å². The van der Waals surface area contributed by atoms with Crippen LogP contribution in [0.2, 0.25) is 0 Å². The van der Waals surface area contributed by atoms with E-state index in [1.54, 1.807) is 0 Å². The molecular formula is C20H20N4O. The molecule has 0 spiro atoms. The Morgan fingerprint density at radius 2 is 1.92 bits per heavy atom. The van der Waals surface area contributed by atoms with Gasteiger partial charge in [-0.25, -0.2) is 4.79 Å². The lowest BCUT2D eigenvalue weighted by molar-refractivity contribution is 0.256. The number of fused-ring (bicyclic) bond motifs is 1. The molecule has 25 heavy (non-hydrogen) atoms. The average Bonchev–Trinajstić information content (AvgIpc) is 3.02. The maximum absolute atomic E-state index is 11.9. The summed E-state index contributed by atoms with van der Waals surface area (Å²) in [5.74, 6) is 0. The lowest BCUT2D eigenvalue weighted by Gasteiger charge is -2.32. The Kier molecular flexibility index (Phi) is 4.15. The lowest BCUT2D eigenvalue weighted by Crippen LogP contribution is -2.44. The Labute approximate surface area is 146 Å². The molecule has 0 aliphatic carbocycles. The number of nitrogens with zero attached hydrogens (tertiary/aromatic N) is 3. The first kappa shape index (κ1) is 15.7. The van der Waals surface area contributed by atoms with Crippen LogP contribution in [0.25, 0.3) is 11.1 Å². The third-order valence-corrected chi connectivity index (χ3v) is 4.66. The van der Waals surface area contributed by atoms with E-state index >= 15 is 0 Å². The van der Waals surface area contributed by atoms with Crippen molar-refractivity contribution in [3.8, 4) is 11.1 Å². The summed E-state index contributed by atoms with van der Waals surface area (Å²) in [6.45, 7) is 7.70. The number of hydrogen-bond donors (Lipinski definition) is 1. The van der Waals surface area contributed by atoms with E-state index in [0.717, 1.165) is 55.0 Å². The molecule has 0 radical (unpaired) electrons. The molecule has 1 saturated heterocycles. The van der Waals surface area contributed by atoms with E-state index in [0.29, 0.717) is 10.7 Å². The first-order chi connectivity index (χ1) is 12.3. The van der Waals surface area contributed by atoms with Crippen molar-refractivity contribution in [2.45, 2.75) is 6.42 Å². The van der Waals surface area contributed by atoms with Gasteiger partial charge in [0.05, 0.1) is 5.36 Å². The van der Waals surface area contributed by atoms with E-state index in [9.17, 15) is 4.79 Å². The molecule has 126 valence electrons. The fraction of sp³-hybridized carbons (Fsp3) is 0.250. The summed E-state index contributed by atoms with van der Waals surface area (Å²) in [6.07, 6.45) is 2.63. The molecule has 2 heterocycles. The van der Waals surface area contributed by atoms with E-state index in [1.165, 1.54) is 0 Å². The molecule has 0 unspecified atom stereocenters. The number of allylic oxidation sites excluding steroid dienone is 1. The molecule has 2 aromatic rings. The van der Waals surface area contributed by atoms with Gasteiger partial charge in [0.1, 0.15) is 5.36 Å². The van der Waals surface area contributed by atoms with E-state index in [1.807, 2.05) is 30.3 Å². The average molecular weight is 332 g/mol. The smallest absolute Gasteiger partial charge is 0.368 e. The van der Waals surface area contributed by atoms with Crippen LogP contribution in [0, 0.1) is 0 Å². The van der Waals surface area contributed by atoms with Crippen LogP contribution in [-0.4, -0.2) is 32.2 Å². The minimum Gasteiger partial charge on any atom is -0.369 e. The van der Waals surface area contributed by atoms with Crippen molar-refractivity contribution < 1.29 is 4.79 Å². The van der Waals surface area contributed by atoms with Crippen LogP contribution in [0.1, 0.15) is 5.56 Å². The molecule has 2 aliphatic rings. The number of benzene rings is 2. The van der Waals surface area contributed by atoms with E-state index in [2.05, 4.69) is 38.9 Å². The molecule has 0 bridgehead atoms. The third kappa shape index (κ3) is 2.87. The van der Waals surface area contributed by atoms with Gasteiger partial charge in [-0.15, -0.1) is 6.58 Å². The van der Waals surface area contributed by atoms with E-state index < -0.39 is 6.03 Å². The highest BCUT2D eigenvalue weighted by atomic mass is 16.2. The van der Waals surface area contributed by atoms with Crippen molar-refractivity contribution in [1.29, 1.82) is 0 Å². The van der Waals surface area contributed by atoms with Gasteiger partial charge < -0.3 is 10.2 Å². The highest BCUT2D eigenvalue weighted by Gasteiger charge is 2.22. The van der Waals surface area contributed by atoms with Gasteiger partial charge >= 0.3 is 6.03 Å². The van der Waals surface area contributed by atoms with Crippen molar-refractivity contribution in [3.05, 3.63) is 65.3 Å². The van der Waals surface area contributed by atoms with Gasteiger partial charge in [-0.05, 0) is 23.6 Å². The topological polar surface area (TPSA) is 57.1 Å². The molecule has 5 heteroatoms. The SMILES string of the molecule is C=CCc1c(N2CCNCC2)cc2c(c1-c1ccccc1)=NC(=O)N=2. The molecule has 2 aromatic carbocycles. The summed E-state index contributed by atoms with van der Waals surface area (Å²) >= 11 is 0. The summed E-state index contributed by atoms with van der Waals surface area (Å²) in [5, 5.41) is 4.74. The van der Waals surface area contributed by atoms with Gasteiger partial charge in [0, 0.05) is 37.4 Å². The van der Waals surface area contributed by atoms with Gasteiger partial charge in [-0.1, -0.05) is 36.4 Å². The molecule has 0 saturated carbocycles. The molecule has 1 N–H and O–H groups in total. The van der Waals surface area contributed by atoms with E-state index in [-0.39, 0.29) is 0 Å². The predicted octanol–water partition coefficient (Wildman–Crippen LogP) is 1.86. The highest BCUT2D eigenvalue weighted by Crippen LogP contribution is 2.29. The van der Waals surface area contributed by atoms with Crippen LogP contribution in [0.3, 0.4) is 0 Å². The van der Waals surface area contributed by atoms with Crippen molar-refractivity contribution >= 4 is 11.7 Å². The van der Waals surface area contributed by atoms with Crippen LogP contribution in [0.4, 0.5) is 10.5 Å². The zero-order valence-electron chi connectivity index (χ0n) is 14.0. The Bertz CT molecular complexity index is 944. The molecule has 4 rings (SSSR count). The Morgan fingerprint density at radius 3 is 2.64 bits per heavy atom. The second-order valence-electron chi connectivity index (χ2n) is 6.22. The second-order valence-corrected chi connectivity index (χ2v) is 6.22. The number of anilines is 1. The Balaban J connectivity index is 2.02. The predicted molar refractivity (Wildman–Crippen MR) is 98.6 cm³/mol. The highest BCUT2D eigenvalue weighted by molar-refractivity contribution is 5.82. The quantitative estimate of drug-likeness (QED) is 0.870. The second kappa shape index (κ2) is 6.61. The summed E-state index contributed by atoms with van der Waals surface area (Å²) in [4.78, 5) is 22.5. The molecule has 0 atom stereocenters. The molecule has 5 nitrogen and oxygen atoms in total. The molecule has 1 fully saturated rings. The summed E-state index contributed by atoms with van der Waals surface area (Å²) in [7, 11) is 0. The zero-order valence-corrected chi connectivity index (χ0v) is 14.0. The monoisotopic (exact) mass is 332 g/mol. The maximum atomic E-state index is 11.9. The van der Waals surface area contributed by atoms with Crippen molar-refractivity contribution in [2.24, 2.45) is 9.98 Å². The fourth-order valence-electron chi connectivity index (χ4n) is 3.56. The third-order valence-electron chi connectivity index (χ3n) is 4.66. The van der Waals surface area contributed by atoms with Crippen molar-refractivity contribution in [3.63, 3.8) is 0 Å². The van der Waals surface area contributed by atoms with Crippen molar-refractivity contribution in [1.82, 2.24) is 5.32 Å². The van der Waals surface area contributed by atoms with Crippen molar-refractivity contribution in [2.75, 3.05) is 31.1 Å². The number of nitrogens with one attached hydrogen (secondary N) is 1. The van der Waals surface area contributed by atoms with Crippen LogP contribution in [0.15, 0.2) is 59.0 Å². The minimum absolute atomic E-state index is 0.422. The molecule has 2 amide bonds. The number of carbonyl (C=O) groups is 1. The fourth-order valence-corrected chi connectivity index (χ4v) is 3.56. The Morgan fingerprint density at radius 1 is 1.16 bits per heavy atom. The van der Waals surface area contributed by atoms with E-state index in [4.69, 9.17) is 0 Å². The molecular weight excluding hydrogens is 312 g/mol. The van der Waals surface area contributed by atoms with Gasteiger partial charge in [-0.2, -0.15) is 9.98 Å². The number of urea groups is 1. The van der Waals surface area contributed by atoms with Gasteiger partial charge in [0.15, 0.2) is 0 Å². The number of hydrogen-bond acceptors (Lipinski definition) is 3. The van der Waals surface area contributed by atoms with Gasteiger partial charge in [0.25, 0.3) is 0 Å². The normalized spacial score (nSPS) is 16.2. The Hall–Kier alpha value is -2.79. The van der Waals surface area contributed by atoms with Crippen LogP contribution < -0.4 is 20.9 Å². The zero-order chi connectivity index (χ0) is 17.2. The maximum Gasteiger partial charge on any atom is 0.368 e. The van der Waals surface area contributed by atoms with Gasteiger partial charge in [0.2, 0.25) is 0 Å². The first-order valence-electron chi connectivity index (χ1n) is 8.57.